The molecule has 2 N–H and O–H groups in total. The Morgan fingerprint density at radius 3 is 2.72 bits per heavy atom. The molecular formula is C12H21N3O2S. The van der Waals surface area contributed by atoms with E-state index in [0.717, 1.165) is 31.5 Å². The van der Waals surface area contributed by atoms with Gasteiger partial charge in [-0.05, 0) is 25.5 Å². The first-order valence-corrected chi connectivity index (χ1v) is 7.97. The highest BCUT2D eigenvalue weighted by Gasteiger charge is 2.26. The summed E-state index contributed by atoms with van der Waals surface area (Å²) >= 11 is 0. The smallest absolute Gasteiger partial charge is 0.244 e. The van der Waals surface area contributed by atoms with E-state index in [1.807, 2.05) is 6.92 Å². The van der Waals surface area contributed by atoms with Crippen molar-refractivity contribution in [2.75, 3.05) is 19.6 Å². The van der Waals surface area contributed by atoms with Crippen LogP contribution in [-0.2, 0) is 16.6 Å². The van der Waals surface area contributed by atoms with Gasteiger partial charge in [0.05, 0.1) is 4.90 Å². The van der Waals surface area contributed by atoms with E-state index in [1.165, 1.54) is 0 Å². The average Bonchev–Trinajstić information content (AvgIpc) is 2.87. The van der Waals surface area contributed by atoms with E-state index in [4.69, 9.17) is 0 Å². The molecule has 2 heterocycles. The van der Waals surface area contributed by atoms with E-state index < -0.39 is 10.0 Å². The summed E-state index contributed by atoms with van der Waals surface area (Å²) in [6.07, 6.45) is 4.66. The molecule has 6 heteroatoms. The molecule has 0 unspecified atom stereocenters. The molecule has 1 aliphatic rings. The van der Waals surface area contributed by atoms with E-state index in [2.05, 4.69) is 10.3 Å². The molecule has 0 radical (unpaired) electrons. The first-order chi connectivity index (χ1) is 8.64. The quantitative estimate of drug-likeness (QED) is 0.848. The topological polar surface area (TPSA) is 65.2 Å². The van der Waals surface area contributed by atoms with E-state index in [0.29, 0.717) is 24.5 Å². The van der Waals surface area contributed by atoms with Gasteiger partial charge in [-0.2, -0.15) is 4.31 Å². The first kappa shape index (κ1) is 13.6. The fourth-order valence-corrected chi connectivity index (χ4v) is 3.72. The zero-order valence-electron chi connectivity index (χ0n) is 10.8. The molecule has 1 fully saturated rings. The van der Waals surface area contributed by atoms with Crippen molar-refractivity contribution in [3.8, 4) is 0 Å². The lowest BCUT2D eigenvalue weighted by Crippen LogP contribution is -2.35. The molecule has 0 aliphatic carbocycles. The maximum atomic E-state index is 12.4. The Bertz CT molecular complexity index is 475. The summed E-state index contributed by atoms with van der Waals surface area (Å²) in [4.78, 5) is 3.40. The highest BCUT2D eigenvalue weighted by molar-refractivity contribution is 7.89. The van der Waals surface area contributed by atoms with E-state index in [-0.39, 0.29) is 0 Å². The van der Waals surface area contributed by atoms with E-state index in [9.17, 15) is 8.42 Å². The molecule has 0 atom stereocenters. The maximum absolute atomic E-state index is 12.4. The molecule has 18 heavy (non-hydrogen) atoms. The number of hydrogen-bond donors (Lipinski definition) is 2. The summed E-state index contributed by atoms with van der Waals surface area (Å²) in [5, 5.41) is 3.17. The summed E-state index contributed by atoms with van der Waals surface area (Å²) in [5.41, 5.74) is 0.910. The number of piperidine rings is 1. The van der Waals surface area contributed by atoms with Gasteiger partial charge in [0.1, 0.15) is 0 Å². The van der Waals surface area contributed by atoms with Gasteiger partial charge in [0.2, 0.25) is 10.0 Å². The lowest BCUT2D eigenvalue weighted by Gasteiger charge is -2.25. The van der Waals surface area contributed by atoms with Gasteiger partial charge in [0.15, 0.2) is 0 Å². The number of nitrogens with zero attached hydrogens (tertiary/aromatic N) is 1. The van der Waals surface area contributed by atoms with Crippen molar-refractivity contribution in [3.05, 3.63) is 18.0 Å². The first-order valence-electron chi connectivity index (χ1n) is 6.52. The lowest BCUT2D eigenvalue weighted by molar-refractivity contribution is 0.346. The largest absolute Gasteiger partial charge is 0.363 e. The van der Waals surface area contributed by atoms with Crippen LogP contribution in [0.5, 0.6) is 0 Å². The Hall–Kier alpha value is -0.850. The third-order valence-electron chi connectivity index (χ3n) is 3.23. The monoisotopic (exact) mass is 271 g/mol. The van der Waals surface area contributed by atoms with Crippen molar-refractivity contribution < 1.29 is 8.42 Å². The average molecular weight is 271 g/mol. The van der Waals surface area contributed by atoms with E-state index >= 15 is 0 Å². The van der Waals surface area contributed by atoms with Gasteiger partial charge in [-0.3, -0.25) is 0 Å². The number of nitrogens with one attached hydrogen (secondary N) is 2. The number of aromatic nitrogens is 1. The van der Waals surface area contributed by atoms with Gasteiger partial charge in [0.25, 0.3) is 0 Å². The number of H-pyrrole nitrogens is 1. The highest BCUT2D eigenvalue weighted by atomic mass is 32.2. The zero-order chi connectivity index (χ0) is 13.0. The summed E-state index contributed by atoms with van der Waals surface area (Å²) in [7, 11) is -3.29. The minimum absolute atomic E-state index is 0.386. The summed E-state index contributed by atoms with van der Waals surface area (Å²) in [5.74, 6) is 0. The van der Waals surface area contributed by atoms with E-state index in [1.54, 1.807) is 16.6 Å². The third kappa shape index (κ3) is 2.93. The Kier molecular flexibility index (Phi) is 4.42. The number of aromatic amines is 1. The molecule has 0 spiro atoms. The molecule has 0 aromatic carbocycles. The van der Waals surface area contributed by atoms with Crippen LogP contribution >= 0.6 is 0 Å². The van der Waals surface area contributed by atoms with Crippen molar-refractivity contribution >= 4 is 10.0 Å². The molecule has 5 nitrogen and oxygen atoms in total. The zero-order valence-corrected chi connectivity index (χ0v) is 11.6. The predicted octanol–water partition coefficient (Wildman–Crippen LogP) is 1.30. The van der Waals surface area contributed by atoms with Crippen LogP contribution in [0.3, 0.4) is 0 Å². The number of rotatable bonds is 5. The number of sulfonamides is 1. The molecule has 0 saturated carbocycles. The van der Waals surface area contributed by atoms with Gasteiger partial charge in [-0.25, -0.2) is 8.42 Å². The van der Waals surface area contributed by atoms with Crippen LogP contribution in [-0.4, -0.2) is 37.3 Å². The molecule has 0 amide bonds. The van der Waals surface area contributed by atoms with Crippen molar-refractivity contribution in [2.45, 2.75) is 37.6 Å². The van der Waals surface area contributed by atoms with Crippen molar-refractivity contribution in [1.29, 1.82) is 0 Å². The van der Waals surface area contributed by atoms with Gasteiger partial charge in [-0.1, -0.05) is 13.3 Å². The standard InChI is InChI=1S/C12H21N3O2S/c1-2-13-9-11-8-12(10-14-11)18(16,17)15-6-4-3-5-7-15/h8,10,13-14H,2-7,9H2,1H3. The minimum atomic E-state index is -3.29. The van der Waals surface area contributed by atoms with Gasteiger partial charge < -0.3 is 10.3 Å². The second-order valence-corrected chi connectivity index (χ2v) is 6.54. The molecule has 2 rings (SSSR count). The van der Waals surface area contributed by atoms with Crippen LogP contribution in [0.25, 0.3) is 0 Å². The number of hydrogen-bond acceptors (Lipinski definition) is 3. The van der Waals surface area contributed by atoms with Crippen molar-refractivity contribution in [2.24, 2.45) is 0 Å². The Morgan fingerprint density at radius 2 is 2.06 bits per heavy atom. The second kappa shape index (κ2) is 5.86. The Morgan fingerprint density at radius 1 is 1.33 bits per heavy atom. The summed E-state index contributed by atoms with van der Waals surface area (Å²) < 4.78 is 26.3. The molecule has 0 bridgehead atoms. The molecule has 102 valence electrons. The Labute approximate surface area is 109 Å². The molecule has 1 aromatic rings. The van der Waals surface area contributed by atoms with Gasteiger partial charge in [0, 0.05) is 31.5 Å². The fraction of sp³-hybridized carbons (Fsp3) is 0.667. The Balaban J connectivity index is 2.11. The normalized spacial score (nSPS) is 18.1. The van der Waals surface area contributed by atoms with Gasteiger partial charge in [-0.15, -0.1) is 0 Å². The SMILES string of the molecule is CCNCc1cc(S(=O)(=O)N2CCCCC2)c[nH]1. The third-order valence-corrected chi connectivity index (χ3v) is 5.11. The van der Waals surface area contributed by atoms with Crippen molar-refractivity contribution in [3.63, 3.8) is 0 Å². The van der Waals surface area contributed by atoms with Crippen LogP contribution in [0.4, 0.5) is 0 Å². The minimum Gasteiger partial charge on any atom is -0.363 e. The molecule has 1 saturated heterocycles. The van der Waals surface area contributed by atoms with Crippen LogP contribution < -0.4 is 5.32 Å². The fourth-order valence-electron chi connectivity index (χ4n) is 2.18. The van der Waals surface area contributed by atoms with Crippen LogP contribution in [0.1, 0.15) is 31.9 Å². The lowest BCUT2D eigenvalue weighted by atomic mass is 10.2. The summed E-state index contributed by atoms with van der Waals surface area (Å²) in [6, 6.07) is 1.73. The predicted molar refractivity (Wildman–Crippen MR) is 70.8 cm³/mol. The highest BCUT2D eigenvalue weighted by Crippen LogP contribution is 2.20. The summed E-state index contributed by atoms with van der Waals surface area (Å²) in [6.45, 7) is 4.86. The molecule has 1 aromatic heterocycles. The second-order valence-electron chi connectivity index (χ2n) is 4.61. The van der Waals surface area contributed by atoms with Crippen LogP contribution in [0, 0.1) is 0 Å². The van der Waals surface area contributed by atoms with Crippen LogP contribution in [0.15, 0.2) is 17.2 Å². The molecule has 1 aliphatic heterocycles. The van der Waals surface area contributed by atoms with Crippen molar-refractivity contribution in [1.82, 2.24) is 14.6 Å². The van der Waals surface area contributed by atoms with Crippen LogP contribution in [0.2, 0.25) is 0 Å². The molecular weight excluding hydrogens is 250 g/mol. The maximum Gasteiger partial charge on any atom is 0.244 e. The van der Waals surface area contributed by atoms with Gasteiger partial charge >= 0.3 is 0 Å².